The van der Waals surface area contributed by atoms with Crippen LogP contribution in [0.5, 0.6) is 11.8 Å². The number of anilines is 1. The van der Waals surface area contributed by atoms with E-state index in [1.54, 1.807) is 0 Å². The largest absolute Gasteiger partial charge is 0.481 e. The minimum absolute atomic E-state index is 0.166. The van der Waals surface area contributed by atoms with Crippen molar-refractivity contribution in [2.24, 2.45) is 0 Å². The van der Waals surface area contributed by atoms with Crippen molar-refractivity contribution in [2.45, 2.75) is 6.54 Å². The molecule has 1 aromatic carbocycles. The zero-order valence-electron chi connectivity index (χ0n) is 11.0. The van der Waals surface area contributed by atoms with Crippen LogP contribution in [0, 0.1) is 11.6 Å². The second kappa shape index (κ2) is 6.14. The van der Waals surface area contributed by atoms with Crippen LogP contribution in [0.15, 0.2) is 24.5 Å². The number of nitrogens with one attached hydrogen (secondary N) is 1. The van der Waals surface area contributed by atoms with Gasteiger partial charge in [0.2, 0.25) is 11.8 Å². The lowest BCUT2D eigenvalue weighted by Gasteiger charge is -2.12. The van der Waals surface area contributed by atoms with Gasteiger partial charge in [0.25, 0.3) is 0 Å². The molecule has 0 unspecified atom stereocenters. The van der Waals surface area contributed by atoms with E-state index in [1.807, 2.05) is 0 Å². The van der Waals surface area contributed by atoms with Gasteiger partial charge in [0, 0.05) is 6.07 Å². The number of rotatable bonds is 5. The fourth-order valence-corrected chi connectivity index (χ4v) is 1.70. The number of benzene rings is 1. The van der Waals surface area contributed by atoms with Crippen LogP contribution in [0.4, 0.5) is 14.5 Å². The van der Waals surface area contributed by atoms with Crippen LogP contribution in [-0.2, 0) is 6.54 Å². The predicted molar refractivity (Wildman–Crippen MR) is 68.8 cm³/mol. The van der Waals surface area contributed by atoms with Gasteiger partial charge in [-0.15, -0.1) is 0 Å². The van der Waals surface area contributed by atoms with Gasteiger partial charge in [0.15, 0.2) is 0 Å². The van der Waals surface area contributed by atoms with E-state index in [2.05, 4.69) is 15.3 Å². The van der Waals surface area contributed by atoms with Crippen LogP contribution in [-0.4, -0.2) is 24.2 Å². The highest BCUT2D eigenvalue weighted by molar-refractivity contribution is 5.47. The first kappa shape index (κ1) is 14.0. The summed E-state index contributed by atoms with van der Waals surface area (Å²) in [5.41, 5.74) is 0.709. The topological polar surface area (TPSA) is 56.3 Å². The number of aromatic nitrogens is 2. The molecule has 0 aliphatic rings. The zero-order chi connectivity index (χ0) is 14.5. The van der Waals surface area contributed by atoms with Crippen molar-refractivity contribution < 1.29 is 18.3 Å². The molecule has 1 N–H and O–H groups in total. The summed E-state index contributed by atoms with van der Waals surface area (Å²) in [6.07, 6.45) is 1.31. The first-order chi connectivity index (χ1) is 9.65. The van der Waals surface area contributed by atoms with Crippen molar-refractivity contribution in [3.63, 3.8) is 0 Å². The summed E-state index contributed by atoms with van der Waals surface area (Å²) in [7, 11) is 2.92. The van der Waals surface area contributed by atoms with Crippen molar-refractivity contribution in [3.05, 3.63) is 41.7 Å². The van der Waals surface area contributed by atoms with Crippen molar-refractivity contribution in [2.75, 3.05) is 19.5 Å². The van der Waals surface area contributed by atoms with Gasteiger partial charge in [-0.25, -0.2) is 18.7 Å². The molecule has 0 bridgehead atoms. The van der Waals surface area contributed by atoms with Crippen molar-refractivity contribution >= 4 is 5.69 Å². The number of hydrogen-bond acceptors (Lipinski definition) is 5. The number of hydrogen-bond donors (Lipinski definition) is 1. The highest BCUT2D eigenvalue weighted by Crippen LogP contribution is 2.25. The monoisotopic (exact) mass is 281 g/mol. The molecular weight excluding hydrogens is 268 g/mol. The standard InChI is InChI=1S/C13H13F2N3O2/c1-19-12-9(13(20-2)18-7-17-12)6-16-11-4-3-8(14)5-10(11)15/h3-5,7,16H,6H2,1-2H3. The van der Waals surface area contributed by atoms with E-state index >= 15 is 0 Å². The minimum atomic E-state index is -0.681. The van der Waals surface area contributed by atoms with E-state index in [0.29, 0.717) is 17.3 Å². The normalized spacial score (nSPS) is 10.2. The first-order valence-electron chi connectivity index (χ1n) is 5.76. The Labute approximate surface area is 114 Å². The molecule has 0 atom stereocenters. The minimum Gasteiger partial charge on any atom is -0.481 e. The molecule has 5 nitrogen and oxygen atoms in total. The third kappa shape index (κ3) is 2.93. The van der Waals surface area contributed by atoms with Crippen LogP contribution in [0.1, 0.15) is 5.56 Å². The summed E-state index contributed by atoms with van der Waals surface area (Å²) in [6.45, 7) is 0.176. The average molecular weight is 281 g/mol. The number of methoxy groups -OCH3 is 2. The molecular formula is C13H13F2N3O2. The van der Waals surface area contributed by atoms with Crippen LogP contribution >= 0.6 is 0 Å². The van der Waals surface area contributed by atoms with Gasteiger partial charge in [0.1, 0.15) is 18.0 Å². The van der Waals surface area contributed by atoms with E-state index in [-0.39, 0.29) is 12.2 Å². The van der Waals surface area contributed by atoms with E-state index in [4.69, 9.17) is 9.47 Å². The molecule has 1 aromatic heterocycles. The fraction of sp³-hybridized carbons (Fsp3) is 0.231. The summed E-state index contributed by atoms with van der Waals surface area (Å²) in [6, 6.07) is 3.28. The highest BCUT2D eigenvalue weighted by Gasteiger charge is 2.13. The van der Waals surface area contributed by atoms with E-state index in [1.165, 1.54) is 32.7 Å². The molecule has 0 amide bonds. The Kier molecular flexibility index (Phi) is 4.29. The van der Waals surface area contributed by atoms with Gasteiger partial charge in [-0.2, -0.15) is 0 Å². The quantitative estimate of drug-likeness (QED) is 0.912. The molecule has 2 rings (SSSR count). The fourth-order valence-electron chi connectivity index (χ4n) is 1.70. The average Bonchev–Trinajstić information content (AvgIpc) is 2.46. The third-order valence-corrected chi connectivity index (χ3v) is 2.64. The molecule has 0 fully saturated rings. The molecule has 0 spiro atoms. The Hall–Kier alpha value is -2.44. The van der Waals surface area contributed by atoms with Gasteiger partial charge in [-0.1, -0.05) is 0 Å². The maximum Gasteiger partial charge on any atom is 0.225 e. The van der Waals surface area contributed by atoms with Gasteiger partial charge < -0.3 is 14.8 Å². The van der Waals surface area contributed by atoms with Crippen molar-refractivity contribution in [3.8, 4) is 11.8 Å². The second-order valence-corrected chi connectivity index (χ2v) is 3.85. The van der Waals surface area contributed by atoms with Crippen molar-refractivity contribution in [1.29, 1.82) is 0 Å². The van der Waals surface area contributed by atoms with Gasteiger partial charge in [-0.05, 0) is 12.1 Å². The van der Waals surface area contributed by atoms with Crippen molar-refractivity contribution in [1.82, 2.24) is 9.97 Å². The molecule has 20 heavy (non-hydrogen) atoms. The Morgan fingerprint density at radius 2 is 1.75 bits per heavy atom. The van der Waals surface area contributed by atoms with Crippen LogP contribution in [0.3, 0.4) is 0 Å². The lowest BCUT2D eigenvalue weighted by molar-refractivity contribution is 0.363. The van der Waals surface area contributed by atoms with Crippen LogP contribution < -0.4 is 14.8 Å². The highest BCUT2D eigenvalue weighted by atomic mass is 19.1. The number of ether oxygens (including phenoxy) is 2. The maximum absolute atomic E-state index is 13.5. The summed E-state index contributed by atoms with van der Waals surface area (Å²) in [4.78, 5) is 7.90. The molecule has 0 radical (unpaired) electrons. The molecule has 106 valence electrons. The smallest absolute Gasteiger partial charge is 0.225 e. The molecule has 2 aromatic rings. The Balaban J connectivity index is 2.22. The molecule has 1 heterocycles. The number of halogens is 2. The SMILES string of the molecule is COc1ncnc(OC)c1CNc1ccc(F)cc1F. The third-order valence-electron chi connectivity index (χ3n) is 2.64. The summed E-state index contributed by atoms with van der Waals surface area (Å²) in [5, 5.41) is 2.82. The Morgan fingerprint density at radius 1 is 1.10 bits per heavy atom. The molecule has 0 saturated heterocycles. The summed E-state index contributed by atoms with van der Waals surface area (Å²) >= 11 is 0. The Bertz CT molecular complexity index is 586. The lowest BCUT2D eigenvalue weighted by Crippen LogP contribution is -2.07. The molecule has 0 aliphatic carbocycles. The van der Waals surface area contributed by atoms with Crippen LogP contribution in [0.25, 0.3) is 0 Å². The summed E-state index contributed by atoms with van der Waals surface area (Å²) < 4.78 is 36.5. The molecule has 7 heteroatoms. The van der Waals surface area contributed by atoms with E-state index < -0.39 is 11.6 Å². The van der Waals surface area contributed by atoms with Crippen LogP contribution in [0.2, 0.25) is 0 Å². The van der Waals surface area contributed by atoms with Gasteiger partial charge >= 0.3 is 0 Å². The second-order valence-electron chi connectivity index (χ2n) is 3.85. The lowest BCUT2D eigenvalue weighted by atomic mass is 10.2. The molecule has 0 saturated carbocycles. The summed E-state index contributed by atoms with van der Waals surface area (Å²) in [5.74, 6) is -0.662. The maximum atomic E-state index is 13.5. The van der Waals surface area contributed by atoms with Gasteiger partial charge in [0.05, 0.1) is 32.0 Å². The van der Waals surface area contributed by atoms with E-state index in [0.717, 1.165) is 6.07 Å². The molecule has 0 aliphatic heterocycles. The zero-order valence-corrected chi connectivity index (χ0v) is 11.0. The Morgan fingerprint density at radius 3 is 2.30 bits per heavy atom. The van der Waals surface area contributed by atoms with E-state index in [9.17, 15) is 8.78 Å². The first-order valence-corrected chi connectivity index (χ1v) is 5.76. The van der Waals surface area contributed by atoms with Gasteiger partial charge in [-0.3, -0.25) is 0 Å². The number of nitrogens with zero attached hydrogens (tertiary/aromatic N) is 2. The predicted octanol–water partition coefficient (Wildman–Crippen LogP) is 2.38.